The first kappa shape index (κ1) is 18.4. The lowest BCUT2D eigenvalue weighted by molar-refractivity contribution is -0.137. The Kier molecular flexibility index (Phi) is 5.91. The van der Waals surface area contributed by atoms with Gasteiger partial charge >= 0.3 is 5.97 Å². The number of carbonyl (C=O) groups is 1. The van der Waals surface area contributed by atoms with Crippen LogP contribution in [0.4, 0.5) is 0 Å². The van der Waals surface area contributed by atoms with Gasteiger partial charge in [0.25, 0.3) is 0 Å². The summed E-state index contributed by atoms with van der Waals surface area (Å²) in [6.07, 6.45) is 9.35. The molecule has 2 rings (SSSR count). The summed E-state index contributed by atoms with van der Waals surface area (Å²) in [7, 11) is -1.48. The highest BCUT2D eigenvalue weighted by atomic mass is 32.2. The summed E-state index contributed by atoms with van der Waals surface area (Å²) in [5, 5.41) is 9.10. The number of allylic oxidation sites excluding steroid dienone is 5. The van der Waals surface area contributed by atoms with E-state index < -0.39 is 17.0 Å². The molecule has 1 unspecified atom stereocenters. The zero-order chi connectivity index (χ0) is 17.7. The summed E-state index contributed by atoms with van der Waals surface area (Å²) < 4.78 is 14.4. The zero-order valence-corrected chi connectivity index (χ0v) is 14.9. The fraction of sp³-hybridized carbons (Fsp3) is 0.316. The fourth-order valence-electron chi connectivity index (χ4n) is 2.38. The maximum atomic E-state index is 12.8. The normalized spacial score (nSPS) is 17.9. The van der Waals surface area contributed by atoms with Crippen LogP contribution in [0.25, 0.3) is 5.57 Å². The molecule has 5 heteroatoms. The van der Waals surface area contributed by atoms with Gasteiger partial charge in [0.05, 0.1) is 4.90 Å². The van der Waals surface area contributed by atoms with Crippen LogP contribution in [0.1, 0.15) is 32.3 Å². The minimum absolute atomic E-state index is 0.218. The van der Waals surface area contributed by atoms with Gasteiger partial charge in [0.1, 0.15) is 17.5 Å². The van der Waals surface area contributed by atoms with E-state index in [0.29, 0.717) is 4.90 Å². The van der Waals surface area contributed by atoms with Crippen LogP contribution in [0.15, 0.2) is 60.0 Å². The van der Waals surface area contributed by atoms with Crippen LogP contribution in [-0.4, -0.2) is 31.7 Å². The van der Waals surface area contributed by atoms with Crippen molar-refractivity contribution in [2.75, 3.05) is 6.54 Å². The lowest BCUT2D eigenvalue weighted by Gasteiger charge is -2.25. The van der Waals surface area contributed by atoms with Gasteiger partial charge in [-0.15, -0.1) is 0 Å². The van der Waals surface area contributed by atoms with Crippen molar-refractivity contribution in [2.45, 2.75) is 37.1 Å². The number of aliphatic carboxylic acids is 1. The predicted octanol–water partition coefficient (Wildman–Crippen LogP) is 3.79. The Balaban J connectivity index is 2.24. The molecule has 0 saturated heterocycles. The second-order valence-corrected chi connectivity index (χ2v) is 7.46. The average molecular weight is 345 g/mol. The van der Waals surface area contributed by atoms with Crippen LogP contribution < -0.4 is 0 Å². The molecular weight excluding hydrogens is 322 g/mol. The van der Waals surface area contributed by atoms with Crippen molar-refractivity contribution >= 4 is 22.5 Å². The Morgan fingerprint density at radius 3 is 2.46 bits per heavy atom. The minimum atomic E-state index is -1.48. The molecule has 1 aromatic rings. The van der Waals surface area contributed by atoms with E-state index in [1.807, 2.05) is 44.2 Å². The largest absolute Gasteiger partial charge is 0.480 e. The van der Waals surface area contributed by atoms with Crippen molar-refractivity contribution in [2.24, 2.45) is 0 Å². The molecule has 1 N–H and O–H groups in total. The first-order chi connectivity index (χ1) is 11.4. The molecule has 4 nitrogen and oxygen atoms in total. The molecule has 0 radical (unpaired) electrons. The van der Waals surface area contributed by atoms with Gasteiger partial charge in [-0.1, -0.05) is 43.0 Å². The molecule has 1 aliphatic rings. The van der Waals surface area contributed by atoms with E-state index in [4.69, 9.17) is 5.11 Å². The van der Waals surface area contributed by atoms with Crippen molar-refractivity contribution < 1.29 is 14.1 Å². The monoisotopic (exact) mass is 345 g/mol. The van der Waals surface area contributed by atoms with Crippen molar-refractivity contribution in [3.8, 4) is 0 Å². The molecule has 128 valence electrons. The number of nitrogens with zero attached hydrogens (tertiary/aromatic N) is 1. The number of carboxylic acid groups (broad SMARTS) is 1. The maximum Gasteiger partial charge on any atom is 0.318 e. The molecule has 1 atom stereocenters. The van der Waals surface area contributed by atoms with Gasteiger partial charge in [-0.2, -0.15) is 0 Å². The average Bonchev–Trinajstić information content (AvgIpc) is 3.32. The summed E-state index contributed by atoms with van der Waals surface area (Å²) in [5.41, 5.74) is 1.67. The van der Waals surface area contributed by atoms with Crippen molar-refractivity contribution in [3.05, 3.63) is 60.7 Å². The van der Waals surface area contributed by atoms with Crippen molar-refractivity contribution in [1.29, 1.82) is 0 Å². The summed E-state index contributed by atoms with van der Waals surface area (Å²) >= 11 is 0. The minimum Gasteiger partial charge on any atom is -0.480 e. The molecule has 1 fully saturated rings. The van der Waals surface area contributed by atoms with Crippen LogP contribution in [0, 0.1) is 0 Å². The van der Waals surface area contributed by atoms with Crippen LogP contribution in [-0.2, 0) is 15.8 Å². The number of benzene rings is 1. The van der Waals surface area contributed by atoms with Crippen LogP contribution >= 0.6 is 0 Å². The van der Waals surface area contributed by atoms with Crippen LogP contribution in [0.2, 0.25) is 0 Å². The molecule has 1 aromatic carbocycles. The van der Waals surface area contributed by atoms with E-state index in [-0.39, 0.29) is 12.1 Å². The fourth-order valence-corrected chi connectivity index (χ4v) is 3.81. The third-order valence-electron chi connectivity index (χ3n) is 4.13. The van der Waals surface area contributed by atoms with Gasteiger partial charge < -0.3 is 5.11 Å². The highest BCUT2D eigenvalue weighted by Gasteiger charge is 2.47. The first-order valence-corrected chi connectivity index (χ1v) is 8.99. The van der Waals surface area contributed by atoms with Crippen LogP contribution in [0.3, 0.4) is 0 Å². The van der Waals surface area contributed by atoms with E-state index in [1.54, 1.807) is 22.5 Å². The lowest BCUT2D eigenvalue weighted by Crippen LogP contribution is -2.40. The van der Waals surface area contributed by atoms with Gasteiger partial charge in [0.2, 0.25) is 0 Å². The molecule has 1 saturated carbocycles. The number of rotatable bonds is 8. The third-order valence-corrected chi connectivity index (χ3v) is 5.78. The summed E-state index contributed by atoms with van der Waals surface area (Å²) in [6.45, 7) is 7.49. The van der Waals surface area contributed by atoms with E-state index in [0.717, 1.165) is 24.0 Å². The molecule has 0 spiro atoms. The molecule has 0 heterocycles. The Bertz CT molecular complexity index is 700. The predicted molar refractivity (Wildman–Crippen MR) is 97.8 cm³/mol. The molecule has 0 aromatic heterocycles. The second-order valence-electron chi connectivity index (χ2n) is 6.05. The zero-order valence-electron chi connectivity index (χ0n) is 14.1. The number of hydrogen-bond donors (Lipinski definition) is 1. The highest BCUT2D eigenvalue weighted by Crippen LogP contribution is 2.42. The standard InChI is InChI=1S/C19H23NO3S/c1-4-6-7-15(5-2)16-8-10-17(11-9-16)24(23)20(14-18(21)22)19(3)12-13-19/h4-11H,2,12-14H2,1,3H3,(H,21,22)/b6-4-,15-7+. The summed E-state index contributed by atoms with van der Waals surface area (Å²) in [4.78, 5) is 11.7. The van der Waals surface area contributed by atoms with E-state index in [1.165, 1.54) is 0 Å². The lowest BCUT2D eigenvalue weighted by atomic mass is 10.1. The highest BCUT2D eigenvalue weighted by molar-refractivity contribution is 7.82. The molecule has 0 bridgehead atoms. The molecule has 0 aliphatic heterocycles. The van der Waals surface area contributed by atoms with Gasteiger partial charge in [-0.25, -0.2) is 8.51 Å². The van der Waals surface area contributed by atoms with Gasteiger partial charge in [0.15, 0.2) is 0 Å². The molecule has 24 heavy (non-hydrogen) atoms. The van der Waals surface area contributed by atoms with E-state index in [9.17, 15) is 9.00 Å². The van der Waals surface area contributed by atoms with E-state index in [2.05, 4.69) is 6.58 Å². The number of carboxylic acids is 1. The Labute approximate surface area is 145 Å². The Morgan fingerprint density at radius 1 is 1.38 bits per heavy atom. The van der Waals surface area contributed by atoms with Crippen molar-refractivity contribution in [3.63, 3.8) is 0 Å². The van der Waals surface area contributed by atoms with Gasteiger partial charge in [-0.05, 0) is 50.0 Å². The third kappa shape index (κ3) is 4.30. The Morgan fingerprint density at radius 2 is 2.00 bits per heavy atom. The first-order valence-electron chi connectivity index (χ1n) is 7.88. The topological polar surface area (TPSA) is 57.6 Å². The quantitative estimate of drug-likeness (QED) is 0.729. The smallest absolute Gasteiger partial charge is 0.318 e. The molecular formula is C19H23NO3S. The SMILES string of the molecule is C=C/C(=C\C=C/C)c1ccc(S(=O)N(CC(=O)O)C2(C)CC2)cc1. The number of hydrogen-bond acceptors (Lipinski definition) is 2. The maximum absolute atomic E-state index is 12.8. The Hall–Kier alpha value is -1.98. The summed E-state index contributed by atoms with van der Waals surface area (Å²) in [5.74, 6) is -0.962. The molecule has 1 aliphatic carbocycles. The second kappa shape index (κ2) is 7.73. The van der Waals surface area contributed by atoms with Crippen molar-refractivity contribution in [1.82, 2.24) is 4.31 Å². The van der Waals surface area contributed by atoms with Gasteiger partial charge in [-0.3, -0.25) is 4.79 Å². The van der Waals surface area contributed by atoms with E-state index >= 15 is 0 Å². The van der Waals surface area contributed by atoms with Gasteiger partial charge in [0, 0.05) is 5.54 Å². The summed E-state index contributed by atoms with van der Waals surface area (Å²) in [6, 6.07) is 7.36. The molecule has 0 amide bonds. The van der Waals surface area contributed by atoms with Crippen LogP contribution in [0.5, 0.6) is 0 Å².